The lowest BCUT2D eigenvalue weighted by Crippen LogP contribution is -2.47. The molecule has 3 rings (SSSR count). The molecule has 24 heavy (non-hydrogen) atoms. The number of nitrogens with zero attached hydrogens (tertiary/aromatic N) is 2. The zero-order valence-corrected chi connectivity index (χ0v) is 16.2. The van der Waals surface area contributed by atoms with Crippen LogP contribution in [0.25, 0.3) is 0 Å². The van der Waals surface area contributed by atoms with Crippen molar-refractivity contribution in [1.29, 1.82) is 0 Å². The third-order valence-corrected chi connectivity index (χ3v) is 6.61. The molecule has 0 saturated heterocycles. The van der Waals surface area contributed by atoms with Gasteiger partial charge in [0.05, 0.1) is 16.1 Å². The van der Waals surface area contributed by atoms with Crippen molar-refractivity contribution >= 4 is 34.4 Å². The van der Waals surface area contributed by atoms with Crippen LogP contribution in [0.15, 0.2) is 29.3 Å². The van der Waals surface area contributed by atoms with Gasteiger partial charge >= 0.3 is 0 Å². The lowest BCUT2D eigenvalue weighted by molar-refractivity contribution is 0.0733. The second-order valence-corrected chi connectivity index (χ2v) is 8.83. The number of carbonyl (C=O) groups is 1. The van der Waals surface area contributed by atoms with Crippen molar-refractivity contribution in [3.8, 4) is 0 Å². The number of aliphatic imine (C=N–C) groups is 1. The van der Waals surface area contributed by atoms with Crippen molar-refractivity contribution in [2.45, 2.75) is 58.0 Å². The predicted molar refractivity (Wildman–Crippen MR) is 103 cm³/mol. The number of hydrogen-bond donors (Lipinski definition) is 0. The summed E-state index contributed by atoms with van der Waals surface area (Å²) in [5.41, 5.74) is 0.460. The van der Waals surface area contributed by atoms with Gasteiger partial charge in [0.1, 0.15) is 0 Å². The van der Waals surface area contributed by atoms with Gasteiger partial charge in [-0.15, -0.1) is 0 Å². The third-order valence-electron chi connectivity index (χ3n) is 4.88. The Hall–Kier alpha value is -1.000. The largest absolute Gasteiger partial charge is 0.284 e. The minimum atomic E-state index is -0.114. The van der Waals surface area contributed by atoms with E-state index in [0.29, 0.717) is 16.5 Å². The lowest BCUT2D eigenvalue weighted by Gasteiger charge is -2.38. The van der Waals surface area contributed by atoms with Gasteiger partial charge in [-0.2, -0.15) is 0 Å². The van der Waals surface area contributed by atoms with Crippen LogP contribution in [0.1, 0.15) is 56.8 Å². The van der Waals surface area contributed by atoms with E-state index in [2.05, 4.69) is 20.8 Å². The van der Waals surface area contributed by atoms with Crippen LogP contribution in [-0.2, 0) is 0 Å². The summed E-state index contributed by atoms with van der Waals surface area (Å²) in [5.74, 6) is 1.39. The first-order chi connectivity index (χ1) is 11.4. The first-order valence-corrected chi connectivity index (χ1v) is 10.1. The Morgan fingerprint density at radius 2 is 2.00 bits per heavy atom. The Balaban J connectivity index is 1.99. The first-order valence-electron chi connectivity index (χ1n) is 8.70. The van der Waals surface area contributed by atoms with Crippen molar-refractivity contribution in [3.05, 3.63) is 34.9 Å². The molecule has 2 unspecified atom stereocenters. The topological polar surface area (TPSA) is 32.7 Å². The van der Waals surface area contributed by atoms with Crippen molar-refractivity contribution in [3.63, 3.8) is 0 Å². The van der Waals surface area contributed by atoms with Gasteiger partial charge in [0.15, 0.2) is 5.17 Å². The fraction of sp³-hybridized carbons (Fsp3) is 0.579. The molecule has 5 heteroatoms. The van der Waals surface area contributed by atoms with Crippen LogP contribution >= 0.6 is 23.4 Å². The van der Waals surface area contributed by atoms with Gasteiger partial charge in [-0.25, -0.2) is 0 Å². The number of halogens is 1. The molecule has 1 aromatic carbocycles. The molecule has 0 spiro atoms. The van der Waals surface area contributed by atoms with Crippen molar-refractivity contribution in [1.82, 2.24) is 4.90 Å². The Morgan fingerprint density at radius 1 is 1.29 bits per heavy atom. The fourth-order valence-electron chi connectivity index (χ4n) is 3.51. The minimum Gasteiger partial charge on any atom is -0.284 e. The quantitative estimate of drug-likeness (QED) is 0.718. The third kappa shape index (κ3) is 3.65. The molecular formula is C19H25ClN2OS. The second kappa shape index (κ2) is 7.09. The van der Waals surface area contributed by atoms with E-state index in [0.717, 1.165) is 23.8 Å². The van der Waals surface area contributed by atoms with Crippen molar-refractivity contribution < 1.29 is 4.79 Å². The van der Waals surface area contributed by atoms with Gasteiger partial charge in [0.2, 0.25) is 0 Å². The van der Waals surface area contributed by atoms with E-state index in [1.807, 2.05) is 23.1 Å². The molecule has 2 aliphatic rings. The van der Waals surface area contributed by atoms with E-state index in [9.17, 15) is 4.79 Å². The van der Waals surface area contributed by atoms with E-state index >= 15 is 0 Å². The number of hydrogen-bond acceptors (Lipinski definition) is 3. The highest BCUT2D eigenvalue weighted by Crippen LogP contribution is 2.36. The summed E-state index contributed by atoms with van der Waals surface area (Å²) >= 11 is 8.00. The maximum atomic E-state index is 13.4. The Morgan fingerprint density at radius 3 is 2.62 bits per heavy atom. The number of amidine groups is 1. The standard InChI is InChI=1S/C19H25ClN2OS/c1-13-8-4-7-11-16(13)22(18-21-19(2,3)12-24-18)17(23)14-9-5-6-10-15(14)20/h5-6,9-10,13,16H,4,7-8,11-12H2,1-3H3. The van der Waals surface area contributed by atoms with Crippen LogP contribution in [0, 0.1) is 5.92 Å². The summed E-state index contributed by atoms with van der Waals surface area (Å²) in [6.45, 7) is 6.49. The molecule has 0 N–H and O–H groups in total. The zero-order valence-electron chi connectivity index (χ0n) is 14.6. The average molecular weight is 365 g/mol. The van der Waals surface area contributed by atoms with E-state index in [1.54, 1.807) is 17.8 Å². The molecule has 1 heterocycles. The monoisotopic (exact) mass is 364 g/mol. The summed E-state index contributed by atoms with van der Waals surface area (Å²) in [7, 11) is 0. The highest BCUT2D eigenvalue weighted by Gasteiger charge is 2.38. The van der Waals surface area contributed by atoms with Crippen LogP contribution in [0.5, 0.6) is 0 Å². The van der Waals surface area contributed by atoms with Gasteiger partial charge in [-0.3, -0.25) is 14.7 Å². The molecule has 0 radical (unpaired) electrons. The molecule has 1 fully saturated rings. The second-order valence-electron chi connectivity index (χ2n) is 7.48. The summed E-state index contributed by atoms with van der Waals surface area (Å²) < 4.78 is 0. The molecule has 3 nitrogen and oxygen atoms in total. The predicted octanol–water partition coefficient (Wildman–Crippen LogP) is 5.24. The van der Waals surface area contributed by atoms with Crippen LogP contribution in [0.4, 0.5) is 0 Å². The molecule has 1 aliphatic heterocycles. The smallest absolute Gasteiger partial charge is 0.261 e. The minimum absolute atomic E-state index is 0.0108. The number of rotatable bonds is 2. The molecule has 0 aromatic heterocycles. The van der Waals surface area contributed by atoms with Gasteiger partial charge in [-0.1, -0.05) is 55.3 Å². The molecular weight excluding hydrogens is 340 g/mol. The Kier molecular flexibility index (Phi) is 5.26. The summed E-state index contributed by atoms with van der Waals surface area (Å²) in [4.78, 5) is 20.2. The highest BCUT2D eigenvalue weighted by atomic mass is 35.5. The van der Waals surface area contributed by atoms with E-state index in [4.69, 9.17) is 16.6 Å². The van der Waals surface area contributed by atoms with Crippen LogP contribution in [-0.4, -0.2) is 33.3 Å². The van der Waals surface area contributed by atoms with Crippen molar-refractivity contribution in [2.24, 2.45) is 10.9 Å². The van der Waals surface area contributed by atoms with E-state index < -0.39 is 0 Å². The highest BCUT2D eigenvalue weighted by molar-refractivity contribution is 8.14. The Bertz CT molecular complexity index is 659. The first kappa shape index (κ1) is 17.8. The van der Waals surface area contributed by atoms with Gasteiger partial charge in [-0.05, 0) is 44.7 Å². The number of carbonyl (C=O) groups excluding carboxylic acids is 1. The fourth-order valence-corrected chi connectivity index (χ4v) is 4.94. The summed E-state index contributed by atoms with van der Waals surface area (Å²) in [6, 6.07) is 7.54. The van der Waals surface area contributed by atoms with Crippen molar-refractivity contribution in [2.75, 3.05) is 5.75 Å². The zero-order chi connectivity index (χ0) is 17.3. The normalized spacial score (nSPS) is 26.1. The Labute approximate surface area is 153 Å². The van der Waals surface area contributed by atoms with Crippen LogP contribution < -0.4 is 0 Å². The lowest BCUT2D eigenvalue weighted by atomic mass is 9.85. The van der Waals surface area contributed by atoms with E-state index in [1.165, 1.54) is 12.8 Å². The molecule has 1 saturated carbocycles. The van der Waals surface area contributed by atoms with Gasteiger partial charge < -0.3 is 0 Å². The SMILES string of the molecule is CC1CCCCC1N(C(=O)c1ccccc1Cl)C1=NC(C)(C)CS1. The summed E-state index contributed by atoms with van der Waals surface area (Å²) in [6.07, 6.45) is 4.62. The number of amides is 1. The molecule has 2 atom stereocenters. The molecule has 1 amide bonds. The average Bonchev–Trinajstić information content (AvgIpc) is 2.89. The number of thioether (sulfide) groups is 1. The molecule has 1 aromatic rings. The maximum absolute atomic E-state index is 13.4. The maximum Gasteiger partial charge on any atom is 0.261 e. The van der Waals surface area contributed by atoms with Gasteiger partial charge in [0, 0.05) is 11.8 Å². The molecule has 1 aliphatic carbocycles. The molecule has 130 valence electrons. The van der Waals surface area contributed by atoms with E-state index in [-0.39, 0.29) is 17.5 Å². The van der Waals surface area contributed by atoms with Gasteiger partial charge in [0.25, 0.3) is 5.91 Å². The number of benzene rings is 1. The molecule has 0 bridgehead atoms. The van der Waals surface area contributed by atoms with Crippen LogP contribution in [0.3, 0.4) is 0 Å². The van der Waals surface area contributed by atoms with Crippen LogP contribution in [0.2, 0.25) is 5.02 Å². The summed E-state index contributed by atoms with van der Waals surface area (Å²) in [5, 5.41) is 1.38.